The van der Waals surface area contributed by atoms with E-state index in [0.29, 0.717) is 34.9 Å². The second kappa shape index (κ2) is 5.50. The van der Waals surface area contributed by atoms with E-state index in [0.717, 1.165) is 19.3 Å². The molecule has 2 fully saturated rings. The SMILES string of the molecule is CC[C@@H](NC(=O)c1ccc(C#N)cc1)C1[C@H]2CC(N)C[C@@H]12. The van der Waals surface area contributed by atoms with Gasteiger partial charge in [-0.05, 0) is 61.3 Å². The predicted octanol–water partition coefficient (Wildman–Crippen LogP) is 2.05. The number of nitrogens with two attached hydrogens (primary N) is 1. The summed E-state index contributed by atoms with van der Waals surface area (Å²) < 4.78 is 0. The number of amides is 1. The molecule has 3 rings (SSSR count). The Balaban J connectivity index is 1.62. The van der Waals surface area contributed by atoms with E-state index in [-0.39, 0.29) is 11.9 Å². The van der Waals surface area contributed by atoms with Gasteiger partial charge >= 0.3 is 0 Å². The van der Waals surface area contributed by atoms with Crippen molar-refractivity contribution < 1.29 is 4.79 Å². The van der Waals surface area contributed by atoms with Crippen molar-refractivity contribution in [3.8, 4) is 6.07 Å². The van der Waals surface area contributed by atoms with Gasteiger partial charge in [0.2, 0.25) is 0 Å². The molecule has 1 amide bonds. The van der Waals surface area contributed by atoms with Crippen LogP contribution < -0.4 is 11.1 Å². The molecule has 3 N–H and O–H groups in total. The first kappa shape index (κ1) is 14.1. The molecule has 4 heteroatoms. The molecule has 2 aliphatic carbocycles. The Bertz CT molecular complexity index is 563. The van der Waals surface area contributed by atoms with E-state index in [9.17, 15) is 4.79 Å². The third-order valence-electron chi connectivity index (χ3n) is 5.04. The van der Waals surface area contributed by atoms with Gasteiger partial charge in [0.15, 0.2) is 0 Å². The van der Waals surface area contributed by atoms with Gasteiger partial charge in [0.05, 0.1) is 11.6 Å². The molecular weight excluding hydrogens is 262 g/mol. The summed E-state index contributed by atoms with van der Waals surface area (Å²) in [4.78, 5) is 12.3. The highest BCUT2D eigenvalue weighted by atomic mass is 16.1. The smallest absolute Gasteiger partial charge is 0.251 e. The highest BCUT2D eigenvalue weighted by Crippen LogP contribution is 2.58. The minimum atomic E-state index is -0.0411. The number of carbonyl (C=O) groups excluding carboxylic acids is 1. The van der Waals surface area contributed by atoms with Crippen molar-refractivity contribution in [2.24, 2.45) is 23.5 Å². The number of benzene rings is 1. The summed E-state index contributed by atoms with van der Waals surface area (Å²) in [6, 6.07) is 9.46. The van der Waals surface area contributed by atoms with E-state index < -0.39 is 0 Å². The van der Waals surface area contributed by atoms with E-state index in [2.05, 4.69) is 18.3 Å². The molecule has 0 aliphatic heterocycles. The van der Waals surface area contributed by atoms with Gasteiger partial charge in [0.1, 0.15) is 0 Å². The number of hydrogen-bond acceptors (Lipinski definition) is 3. The average Bonchev–Trinajstić information content (AvgIpc) is 3.00. The average molecular weight is 283 g/mol. The van der Waals surface area contributed by atoms with Crippen molar-refractivity contribution in [1.29, 1.82) is 5.26 Å². The van der Waals surface area contributed by atoms with Crippen LogP contribution in [0.25, 0.3) is 0 Å². The van der Waals surface area contributed by atoms with Gasteiger partial charge in [-0.15, -0.1) is 0 Å². The highest BCUT2D eigenvalue weighted by molar-refractivity contribution is 5.94. The molecule has 1 aromatic rings. The Morgan fingerprint density at radius 1 is 1.38 bits per heavy atom. The zero-order valence-corrected chi connectivity index (χ0v) is 12.3. The van der Waals surface area contributed by atoms with Gasteiger partial charge in [-0.1, -0.05) is 6.92 Å². The summed E-state index contributed by atoms with van der Waals surface area (Å²) >= 11 is 0. The van der Waals surface area contributed by atoms with Crippen LogP contribution in [-0.4, -0.2) is 18.0 Å². The molecule has 21 heavy (non-hydrogen) atoms. The van der Waals surface area contributed by atoms with Gasteiger partial charge in [0.25, 0.3) is 5.91 Å². The second-order valence-corrected chi connectivity index (χ2v) is 6.31. The number of nitriles is 1. The Hall–Kier alpha value is -1.86. The molecule has 1 aromatic carbocycles. The number of rotatable bonds is 4. The topological polar surface area (TPSA) is 78.9 Å². The first-order valence-corrected chi connectivity index (χ1v) is 7.70. The van der Waals surface area contributed by atoms with Gasteiger partial charge in [-0.25, -0.2) is 0 Å². The molecule has 0 radical (unpaired) electrons. The van der Waals surface area contributed by atoms with Crippen LogP contribution >= 0.6 is 0 Å². The van der Waals surface area contributed by atoms with Crippen LogP contribution in [0.2, 0.25) is 0 Å². The Morgan fingerprint density at radius 2 is 2.00 bits per heavy atom. The molecule has 0 aromatic heterocycles. The van der Waals surface area contributed by atoms with Gasteiger partial charge in [-0.2, -0.15) is 5.26 Å². The number of carbonyl (C=O) groups is 1. The van der Waals surface area contributed by atoms with Crippen molar-refractivity contribution in [3.05, 3.63) is 35.4 Å². The summed E-state index contributed by atoms with van der Waals surface area (Å²) in [6.07, 6.45) is 3.17. The maximum Gasteiger partial charge on any atom is 0.251 e. The molecular formula is C17H21N3O. The van der Waals surface area contributed by atoms with Crippen LogP contribution in [0, 0.1) is 29.1 Å². The number of nitrogens with zero attached hydrogens (tertiary/aromatic N) is 1. The summed E-state index contributed by atoms with van der Waals surface area (Å²) in [7, 11) is 0. The Morgan fingerprint density at radius 3 is 2.52 bits per heavy atom. The molecule has 2 unspecified atom stereocenters. The van der Waals surface area contributed by atoms with E-state index in [1.807, 2.05) is 0 Å². The van der Waals surface area contributed by atoms with Crippen LogP contribution in [0.1, 0.15) is 42.1 Å². The monoisotopic (exact) mass is 283 g/mol. The first-order valence-electron chi connectivity index (χ1n) is 7.70. The van der Waals surface area contributed by atoms with Crippen molar-refractivity contribution in [1.82, 2.24) is 5.32 Å². The Kier molecular flexibility index (Phi) is 3.69. The summed E-state index contributed by atoms with van der Waals surface area (Å²) in [6.45, 7) is 2.12. The zero-order chi connectivity index (χ0) is 15.0. The van der Waals surface area contributed by atoms with Crippen LogP contribution in [0.4, 0.5) is 0 Å². The largest absolute Gasteiger partial charge is 0.349 e. The minimum absolute atomic E-state index is 0.0411. The molecule has 0 spiro atoms. The van der Waals surface area contributed by atoms with Crippen LogP contribution in [0.3, 0.4) is 0 Å². The fourth-order valence-electron chi connectivity index (χ4n) is 3.95. The lowest BCUT2D eigenvalue weighted by atomic mass is 9.99. The summed E-state index contributed by atoms with van der Waals surface area (Å²) in [5, 5.41) is 11.9. The van der Waals surface area contributed by atoms with Gasteiger partial charge < -0.3 is 11.1 Å². The highest BCUT2D eigenvalue weighted by Gasteiger charge is 2.57. The normalized spacial score (nSPS) is 31.1. The Labute approximate surface area is 125 Å². The molecule has 0 saturated heterocycles. The quantitative estimate of drug-likeness (QED) is 0.887. The fraction of sp³-hybridized carbons (Fsp3) is 0.529. The summed E-state index contributed by atoms with van der Waals surface area (Å²) in [5.74, 6) is 2.00. The first-order chi connectivity index (χ1) is 10.1. The molecule has 110 valence electrons. The van der Waals surface area contributed by atoms with Crippen molar-refractivity contribution >= 4 is 5.91 Å². The molecule has 0 heterocycles. The maximum atomic E-state index is 12.3. The van der Waals surface area contributed by atoms with Crippen LogP contribution in [0.5, 0.6) is 0 Å². The molecule has 2 saturated carbocycles. The molecule has 2 aliphatic rings. The maximum absolute atomic E-state index is 12.3. The third-order valence-corrected chi connectivity index (χ3v) is 5.04. The number of nitrogens with one attached hydrogen (secondary N) is 1. The lowest BCUT2D eigenvalue weighted by Crippen LogP contribution is -2.38. The van der Waals surface area contributed by atoms with Crippen molar-refractivity contribution in [2.75, 3.05) is 0 Å². The number of fused-ring (bicyclic) bond motifs is 1. The van der Waals surface area contributed by atoms with Crippen LogP contribution in [-0.2, 0) is 0 Å². The number of hydrogen-bond donors (Lipinski definition) is 2. The van der Waals surface area contributed by atoms with Gasteiger partial charge in [-0.3, -0.25) is 4.79 Å². The molecule has 0 bridgehead atoms. The zero-order valence-electron chi connectivity index (χ0n) is 12.3. The lowest BCUT2D eigenvalue weighted by Gasteiger charge is -2.20. The van der Waals surface area contributed by atoms with Crippen molar-refractivity contribution in [3.63, 3.8) is 0 Å². The lowest BCUT2D eigenvalue weighted by molar-refractivity contribution is 0.0927. The minimum Gasteiger partial charge on any atom is -0.349 e. The van der Waals surface area contributed by atoms with E-state index >= 15 is 0 Å². The third kappa shape index (κ3) is 2.66. The fourth-order valence-corrected chi connectivity index (χ4v) is 3.95. The predicted molar refractivity (Wildman–Crippen MR) is 80.4 cm³/mol. The van der Waals surface area contributed by atoms with E-state index in [4.69, 9.17) is 11.0 Å². The van der Waals surface area contributed by atoms with Gasteiger partial charge in [0, 0.05) is 17.6 Å². The van der Waals surface area contributed by atoms with Crippen LogP contribution in [0.15, 0.2) is 24.3 Å². The van der Waals surface area contributed by atoms with E-state index in [1.165, 1.54) is 0 Å². The second-order valence-electron chi connectivity index (χ2n) is 6.31. The molecule has 4 nitrogen and oxygen atoms in total. The summed E-state index contributed by atoms with van der Waals surface area (Å²) in [5.41, 5.74) is 7.16. The standard InChI is InChI=1S/C17H21N3O/c1-2-15(16-13-7-12(19)8-14(13)16)20-17(21)11-5-3-10(9-18)4-6-11/h3-6,12-16H,2,7-8,19H2,1H3,(H,20,21)/t12?,13-,14+,15-,16?/m1/s1. The molecule has 5 atom stereocenters. The van der Waals surface area contributed by atoms with Crippen molar-refractivity contribution in [2.45, 2.75) is 38.3 Å². The van der Waals surface area contributed by atoms with E-state index in [1.54, 1.807) is 24.3 Å².